The van der Waals surface area contributed by atoms with Crippen LogP contribution in [0.25, 0.3) is 5.65 Å². The Kier molecular flexibility index (Phi) is 3.27. The molecule has 1 N–H and O–H groups in total. The van der Waals surface area contributed by atoms with Crippen LogP contribution in [-0.4, -0.2) is 14.6 Å². The van der Waals surface area contributed by atoms with E-state index in [1.54, 1.807) is 19.2 Å². The van der Waals surface area contributed by atoms with Gasteiger partial charge in [0, 0.05) is 29.9 Å². The Morgan fingerprint density at radius 3 is 2.50 bits per heavy atom. The summed E-state index contributed by atoms with van der Waals surface area (Å²) in [5, 5.41) is 2.76. The molecule has 0 aliphatic carbocycles. The maximum atomic E-state index is 12.5. The molecule has 7 heteroatoms. The smallest absolute Gasteiger partial charge is 0.297 e. The summed E-state index contributed by atoms with van der Waals surface area (Å²) < 4.78 is 39.0. The lowest BCUT2D eigenvalue weighted by molar-refractivity contribution is -0.137. The number of aryl methyl sites for hydroxylation is 1. The highest BCUT2D eigenvalue weighted by Crippen LogP contribution is 2.29. The van der Waals surface area contributed by atoms with E-state index in [0.29, 0.717) is 22.5 Å². The summed E-state index contributed by atoms with van der Waals surface area (Å²) in [6, 6.07) is 6.47. The molecule has 0 saturated carbocycles. The van der Waals surface area contributed by atoms with Crippen LogP contribution < -0.4 is 5.56 Å². The molecule has 0 amide bonds. The fourth-order valence-electron chi connectivity index (χ4n) is 2.33. The van der Waals surface area contributed by atoms with E-state index in [-0.39, 0.29) is 12.0 Å². The SMILES string of the molecule is Cc1nc2cc[nH]n2c(=O)c1Cc1ccc(C(F)(F)F)cc1. The minimum absolute atomic E-state index is 0.234. The third-order valence-corrected chi connectivity index (χ3v) is 3.51. The Hall–Kier alpha value is -2.57. The number of nitrogens with one attached hydrogen (secondary N) is 1. The van der Waals surface area contributed by atoms with E-state index < -0.39 is 11.7 Å². The normalized spacial score (nSPS) is 12.0. The number of benzene rings is 1. The number of halogens is 3. The van der Waals surface area contributed by atoms with Crippen molar-refractivity contribution in [3.8, 4) is 0 Å². The van der Waals surface area contributed by atoms with Crippen molar-refractivity contribution >= 4 is 5.65 Å². The molecule has 2 heterocycles. The Morgan fingerprint density at radius 2 is 1.86 bits per heavy atom. The summed E-state index contributed by atoms with van der Waals surface area (Å²) in [5.74, 6) is 0. The van der Waals surface area contributed by atoms with Gasteiger partial charge in [-0.05, 0) is 24.6 Å². The summed E-state index contributed by atoms with van der Waals surface area (Å²) in [7, 11) is 0. The van der Waals surface area contributed by atoms with Gasteiger partial charge < -0.3 is 0 Å². The minimum Gasteiger partial charge on any atom is -0.297 e. The van der Waals surface area contributed by atoms with E-state index in [0.717, 1.165) is 12.1 Å². The standard InChI is InChI=1S/C15H12F3N3O/c1-9-12(14(22)21-13(20-9)6-7-19-21)8-10-2-4-11(5-3-10)15(16,17)18/h2-7,19H,8H2,1H3. The molecule has 4 nitrogen and oxygen atoms in total. The van der Waals surface area contributed by atoms with Gasteiger partial charge in [-0.3, -0.25) is 9.89 Å². The number of H-pyrrole nitrogens is 1. The molecule has 1 aromatic carbocycles. The highest BCUT2D eigenvalue weighted by atomic mass is 19.4. The van der Waals surface area contributed by atoms with Crippen LogP contribution in [0.3, 0.4) is 0 Å². The molecule has 0 radical (unpaired) electrons. The van der Waals surface area contributed by atoms with Crippen LogP contribution >= 0.6 is 0 Å². The lowest BCUT2D eigenvalue weighted by Gasteiger charge is -2.09. The Bertz CT molecular complexity index is 876. The minimum atomic E-state index is -4.36. The average Bonchev–Trinajstić information content (AvgIpc) is 2.91. The van der Waals surface area contributed by atoms with Crippen LogP contribution in [0.15, 0.2) is 41.3 Å². The number of rotatable bonds is 2. The maximum Gasteiger partial charge on any atom is 0.416 e. The molecule has 2 aromatic heterocycles. The van der Waals surface area contributed by atoms with E-state index in [1.165, 1.54) is 16.6 Å². The van der Waals surface area contributed by atoms with Gasteiger partial charge in [-0.1, -0.05) is 12.1 Å². The molecule has 0 unspecified atom stereocenters. The predicted molar refractivity (Wildman–Crippen MR) is 74.8 cm³/mol. The van der Waals surface area contributed by atoms with Crippen LogP contribution in [0.4, 0.5) is 13.2 Å². The van der Waals surface area contributed by atoms with Gasteiger partial charge in [0.1, 0.15) is 0 Å². The fraction of sp³-hybridized carbons (Fsp3) is 0.200. The lowest BCUT2D eigenvalue weighted by Crippen LogP contribution is -2.22. The predicted octanol–water partition coefficient (Wildman–Crippen LogP) is 2.94. The van der Waals surface area contributed by atoms with Gasteiger partial charge in [-0.15, -0.1) is 0 Å². The molecule has 3 aromatic rings. The molecule has 3 rings (SSSR count). The van der Waals surface area contributed by atoms with Crippen LogP contribution in [0.5, 0.6) is 0 Å². The number of alkyl halides is 3. The third kappa shape index (κ3) is 2.49. The second kappa shape index (κ2) is 5.01. The van der Waals surface area contributed by atoms with Gasteiger partial charge in [0.05, 0.1) is 5.56 Å². The highest BCUT2D eigenvalue weighted by Gasteiger charge is 2.29. The summed E-state index contributed by atoms with van der Waals surface area (Å²) in [6.45, 7) is 1.72. The summed E-state index contributed by atoms with van der Waals surface area (Å²) in [6.07, 6.45) is -2.53. The number of fused-ring (bicyclic) bond motifs is 1. The van der Waals surface area contributed by atoms with E-state index >= 15 is 0 Å². The van der Waals surface area contributed by atoms with Gasteiger partial charge in [0.15, 0.2) is 5.65 Å². The quantitative estimate of drug-likeness (QED) is 0.791. The average molecular weight is 307 g/mol. The molecule has 0 aliphatic rings. The van der Waals surface area contributed by atoms with Crippen molar-refractivity contribution < 1.29 is 13.2 Å². The third-order valence-electron chi connectivity index (χ3n) is 3.51. The molecule has 0 atom stereocenters. The van der Waals surface area contributed by atoms with Crippen molar-refractivity contribution in [1.29, 1.82) is 0 Å². The first kappa shape index (κ1) is 14.4. The fourth-order valence-corrected chi connectivity index (χ4v) is 2.33. The van der Waals surface area contributed by atoms with Crippen LogP contribution in [0.2, 0.25) is 0 Å². The van der Waals surface area contributed by atoms with Crippen molar-refractivity contribution in [3.63, 3.8) is 0 Å². The molecule has 0 spiro atoms. The van der Waals surface area contributed by atoms with Crippen molar-refractivity contribution in [2.75, 3.05) is 0 Å². The largest absolute Gasteiger partial charge is 0.416 e. The zero-order chi connectivity index (χ0) is 15.9. The molecular formula is C15H12F3N3O. The summed E-state index contributed by atoms with van der Waals surface area (Å²) >= 11 is 0. The number of aromatic nitrogens is 3. The van der Waals surface area contributed by atoms with E-state index in [9.17, 15) is 18.0 Å². The van der Waals surface area contributed by atoms with Gasteiger partial charge in [-0.2, -0.15) is 13.2 Å². The van der Waals surface area contributed by atoms with Gasteiger partial charge in [0.25, 0.3) is 5.56 Å². The van der Waals surface area contributed by atoms with Crippen molar-refractivity contribution in [2.24, 2.45) is 0 Å². The van der Waals surface area contributed by atoms with Crippen molar-refractivity contribution in [1.82, 2.24) is 14.6 Å². The van der Waals surface area contributed by atoms with E-state index in [1.807, 2.05) is 0 Å². The molecule has 0 fully saturated rings. The van der Waals surface area contributed by atoms with Crippen LogP contribution in [-0.2, 0) is 12.6 Å². The highest BCUT2D eigenvalue weighted by molar-refractivity contribution is 5.40. The number of nitrogens with zero attached hydrogens (tertiary/aromatic N) is 2. The second-order valence-corrected chi connectivity index (χ2v) is 5.01. The van der Waals surface area contributed by atoms with Gasteiger partial charge >= 0.3 is 6.18 Å². The van der Waals surface area contributed by atoms with Crippen LogP contribution in [0.1, 0.15) is 22.4 Å². The zero-order valence-corrected chi connectivity index (χ0v) is 11.6. The molecule has 0 aliphatic heterocycles. The molecule has 114 valence electrons. The summed E-state index contributed by atoms with van der Waals surface area (Å²) in [4.78, 5) is 16.7. The molecule has 22 heavy (non-hydrogen) atoms. The van der Waals surface area contributed by atoms with Gasteiger partial charge in [0.2, 0.25) is 0 Å². The monoisotopic (exact) mass is 307 g/mol. The van der Waals surface area contributed by atoms with E-state index in [2.05, 4.69) is 10.1 Å². The Labute approximate surface area is 123 Å². The van der Waals surface area contributed by atoms with Crippen molar-refractivity contribution in [3.05, 3.63) is 69.3 Å². The first-order valence-electron chi connectivity index (χ1n) is 6.58. The van der Waals surface area contributed by atoms with E-state index in [4.69, 9.17) is 0 Å². The molecule has 0 saturated heterocycles. The molecule has 0 bridgehead atoms. The molecular weight excluding hydrogens is 295 g/mol. The first-order valence-corrected chi connectivity index (χ1v) is 6.58. The first-order chi connectivity index (χ1) is 10.4. The Morgan fingerprint density at radius 1 is 1.18 bits per heavy atom. The topological polar surface area (TPSA) is 50.2 Å². The number of hydrogen-bond acceptors (Lipinski definition) is 2. The van der Waals surface area contributed by atoms with Crippen molar-refractivity contribution in [2.45, 2.75) is 19.5 Å². The number of aromatic amines is 1. The van der Waals surface area contributed by atoms with Crippen LogP contribution in [0, 0.1) is 6.92 Å². The maximum absolute atomic E-state index is 12.5. The van der Waals surface area contributed by atoms with Gasteiger partial charge in [-0.25, -0.2) is 9.50 Å². The zero-order valence-electron chi connectivity index (χ0n) is 11.6. The number of hydrogen-bond donors (Lipinski definition) is 1. The summed E-state index contributed by atoms with van der Waals surface area (Å²) in [5.41, 5.74) is 1.22. The Balaban J connectivity index is 1.98. The lowest BCUT2D eigenvalue weighted by atomic mass is 10.0. The second-order valence-electron chi connectivity index (χ2n) is 5.01.